The Hall–Kier alpha value is -1.96. The number of rotatable bonds is 5. The number of carboxylic acids is 1. The first kappa shape index (κ1) is 20.0. The molecule has 2 aliphatic carbocycles. The second kappa shape index (κ2) is 7.94. The summed E-state index contributed by atoms with van der Waals surface area (Å²) in [5.41, 5.74) is 4.20. The first-order chi connectivity index (χ1) is 14.5. The van der Waals surface area contributed by atoms with E-state index in [4.69, 9.17) is 14.6 Å². The van der Waals surface area contributed by atoms with Gasteiger partial charge in [0.25, 0.3) is 0 Å². The van der Waals surface area contributed by atoms with E-state index in [0.717, 1.165) is 31.4 Å². The Labute approximate surface area is 179 Å². The van der Waals surface area contributed by atoms with Gasteiger partial charge in [0.15, 0.2) is 5.69 Å². The monoisotopic (exact) mass is 429 g/mol. The summed E-state index contributed by atoms with van der Waals surface area (Å²) in [4.78, 5) is 15.3. The summed E-state index contributed by atoms with van der Waals surface area (Å²) < 4.78 is 12.5. The second-order valence-electron chi connectivity index (χ2n) is 8.74. The van der Waals surface area contributed by atoms with Crippen molar-refractivity contribution in [2.45, 2.75) is 63.8 Å². The normalized spacial score (nSPS) is 30.1. The molecule has 1 aliphatic heterocycles. The average Bonchev–Trinajstić information content (AvgIpc) is 3.45. The van der Waals surface area contributed by atoms with Crippen molar-refractivity contribution in [1.29, 1.82) is 0 Å². The Bertz CT molecular complexity index is 957. The van der Waals surface area contributed by atoms with Crippen molar-refractivity contribution in [2.24, 2.45) is 11.8 Å². The Morgan fingerprint density at radius 2 is 2.20 bits per heavy atom. The minimum absolute atomic E-state index is 0.0364. The van der Waals surface area contributed by atoms with Crippen LogP contribution < -0.4 is 4.74 Å². The number of aliphatic hydroxyl groups excluding tert-OH is 1. The molecule has 0 amide bonds. The van der Waals surface area contributed by atoms with E-state index >= 15 is 0 Å². The Balaban J connectivity index is 1.24. The number of carboxylic acid groups (broad SMARTS) is 1. The van der Waals surface area contributed by atoms with Gasteiger partial charge in [0.05, 0.1) is 18.8 Å². The van der Waals surface area contributed by atoms with Crippen LogP contribution in [0.25, 0.3) is 0 Å². The number of fused-ring (bicyclic) bond motifs is 2. The average molecular weight is 430 g/mol. The highest BCUT2D eigenvalue weighted by Gasteiger charge is 2.47. The summed E-state index contributed by atoms with van der Waals surface area (Å²) in [6, 6.07) is 4.26. The number of hydrogen-bond donors (Lipinski definition) is 2. The maximum atomic E-state index is 11.1. The van der Waals surface area contributed by atoms with Gasteiger partial charge in [-0.2, -0.15) is 0 Å². The number of thiazole rings is 1. The molecule has 1 saturated carbocycles. The van der Waals surface area contributed by atoms with Crippen molar-refractivity contribution in [3.05, 3.63) is 44.9 Å². The highest BCUT2D eigenvalue weighted by atomic mass is 32.1. The molecule has 1 aromatic heterocycles. The van der Waals surface area contributed by atoms with E-state index in [1.54, 1.807) is 5.38 Å². The van der Waals surface area contributed by atoms with Gasteiger partial charge in [-0.25, -0.2) is 9.78 Å². The highest BCUT2D eigenvalue weighted by molar-refractivity contribution is 7.09. The molecule has 2 heterocycles. The molecule has 6 nitrogen and oxygen atoms in total. The molecule has 0 spiro atoms. The first-order valence-electron chi connectivity index (χ1n) is 10.8. The van der Waals surface area contributed by atoms with Crippen molar-refractivity contribution < 1.29 is 24.5 Å². The fraction of sp³-hybridized carbons (Fsp3) is 0.565. The first-order valence-corrected chi connectivity index (χ1v) is 11.7. The van der Waals surface area contributed by atoms with Gasteiger partial charge in [0.2, 0.25) is 0 Å². The van der Waals surface area contributed by atoms with Crippen molar-refractivity contribution in [3.8, 4) is 5.75 Å². The third kappa shape index (κ3) is 3.53. The van der Waals surface area contributed by atoms with E-state index in [0.29, 0.717) is 18.0 Å². The number of benzene rings is 1. The van der Waals surface area contributed by atoms with Gasteiger partial charge in [0.1, 0.15) is 16.9 Å². The minimum atomic E-state index is -1.01. The molecule has 0 radical (unpaired) electrons. The molecule has 1 saturated heterocycles. The Morgan fingerprint density at radius 3 is 3.00 bits per heavy atom. The number of ether oxygens (including phenoxy) is 2. The van der Waals surface area contributed by atoms with Gasteiger partial charge in [-0.15, -0.1) is 11.3 Å². The lowest BCUT2D eigenvalue weighted by atomic mass is 9.87. The summed E-state index contributed by atoms with van der Waals surface area (Å²) in [5, 5.41) is 22.1. The lowest BCUT2D eigenvalue weighted by Crippen LogP contribution is -2.33. The molecule has 2 N–H and O–H groups in total. The van der Waals surface area contributed by atoms with Crippen LogP contribution in [0.3, 0.4) is 0 Å². The summed E-state index contributed by atoms with van der Waals surface area (Å²) in [7, 11) is 0. The van der Waals surface area contributed by atoms with Gasteiger partial charge in [-0.1, -0.05) is 6.07 Å². The molecule has 5 rings (SSSR count). The van der Waals surface area contributed by atoms with Crippen LogP contribution in [-0.2, 0) is 17.6 Å². The largest absolute Gasteiger partial charge is 0.493 e. The number of aliphatic hydroxyl groups is 1. The van der Waals surface area contributed by atoms with E-state index in [9.17, 15) is 9.90 Å². The molecule has 1 aromatic carbocycles. The summed E-state index contributed by atoms with van der Waals surface area (Å²) in [6.07, 6.45) is 5.14. The zero-order valence-electron chi connectivity index (χ0n) is 17.0. The lowest BCUT2D eigenvalue weighted by Gasteiger charge is -2.34. The quantitative estimate of drug-likeness (QED) is 0.749. The topological polar surface area (TPSA) is 88.9 Å². The number of hydrogen-bond acceptors (Lipinski definition) is 6. The molecule has 0 unspecified atom stereocenters. The minimum Gasteiger partial charge on any atom is -0.493 e. The van der Waals surface area contributed by atoms with Crippen LogP contribution in [0.1, 0.15) is 64.0 Å². The van der Waals surface area contributed by atoms with Crippen LogP contribution in [0.2, 0.25) is 0 Å². The predicted octanol–water partition coefficient (Wildman–Crippen LogP) is 3.93. The number of nitrogens with zero attached hydrogens (tertiary/aromatic N) is 1. The van der Waals surface area contributed by atoms with Crippen LogP contribution in [-0.4, -0.2) is 40.0 Å². The van der Waals surface area contributed by atoms with E-state index in [2.05, 4.69) is 24.0 Å². The molecule has 160 valence electrons. The molecule has 3 aliphatic rings. The SMILES string of the molecule is Cc1c(OC[C@@H]2[C@H]3CC[C@H](c4nc(C(=O)O)cs4)O[C@H]3C[C@H]2O)ccc2c1CCC2. The van der Waals surface area contributed by atoms with E-state index in [1.807, 2.05) is 0 Å². The Kier molecular flexibility index (Phi) is 5.29. The molecular formula is C23H27NO5S. The fourth-order valence-corrected chi connectivity index (χ4v) is 6.31. The van der Waals surface area contributed by atoms with E-state index < -0.39 is 12.1 Å². The second-order valence-corrected chi connectivity index (χ2v) is 9.63. The van der Waals surface area contributed by atoms with Gasteiger partial charge < -0.3 is 19.7 Å². The van der Waals surface area contributed by atoms with Gasteiger partial charge in [-0.3, -0.25) is 0 Å². The van der Waals surface area contributed by atoms with E-state index in [1.165, 1.54) is 34.4 Å². The zero-order valence-corrected chi connectivity index (χ0v) is 17.9. The predicted molar refractivity (Wildman–Crippen MR) is 112 cm³/mol. The van der Waals surface area contributed by atoms with Crippen LogP contribution in [0.4, 0.5) is 0 Å². The lowest BCUT2D eigenvalue weighted by molar-refractivity contribution is -0.0812. The van der Waals surface area contributed by atoms with Crippen molar-refractivity contribution in [2.75, 3.05) is 6.61 Å². The summed E-state index contributed by atoms with van der Waals surface area (Å²) >= 11 is 1.33. The van der Waals surface area contributed by atoms with Crippen LogP contribution >= 0.6 is 11.3 Å². The van der Waals surface area contributed by atoms with Crippen LogP contribution in [0, 0.1) is 18.8 Å². The van der Waals surface area contributed by atoms with Gasteiger partial charge in [0, 0.05) is 17.7 Å². The maximum Gasteiger partial charge on any atom is 0.355 e. The third-order valence-corrected chi connectivity index (χ3v) is 8.00. The standard InChI is InChI=1S/C23H27NO5S/c1-12-14-4-2-3-13(14)5-7-19(12)28-10-16-15-6-8-20(29-21(15)9-18(16)25)22-24-17(11-30-22)23(26)27/h5,7,11,15-16,18,20-21,25H,2-4,6,8-10H2,1H3,(H,26,27)/t15-,16-,18-,20-,21+/m1/s1. The van der Waals surface area contributed by atoms with Crippen LogP contribution in [0.15, 0.2) is 17.5 Å². The van der Waals surface area contributed by atoms with Gasteiger partial charge >= 0.3 is 5.97 Å². The van der Waals surface area contributed by atoms with Crippen molar-refractivity contribution in [1.82, 2.24) is 4.98 Å². The smallest absolute Gasteiger partial charge is 0.355 e. The fourth-order valence-electron chi connectivity index (χ4n) is 5.45. The van der Waals surface area contributed by atoms with E-state index in [-0.39, 0.29) is 29.7 Å². The van der Waals surface area contributed by atoms with Crippen LogP contribution in [0.5, 0.6) is 5.75 Å². The zero-order chi connectivity index (χ0) is 20.8. The Morgan fingerprint density at radius 1 is 1.33 bits per heavy atom. The molecule has 5 atom stereocenters. The highest BCUT2D eigenvalue weighted by Crippen LogP contribution is 2.46. The summed E-state index contributed by atoms with van der Waals surface area (Å²) in [6.45, 7) is 2.64. The number of aromatic carboxylic acids is 1. The number of aryl methyl sites for hydroxylation is 1. The van der Waals surface area contributed by atoms with Crippen molar-refractivity contribution >= 4 is 17.3 Å². The molecule has 0 bridgehead atoms. The van der Waals surface area contributed by atoms with Crippen molar-refractivity contribution in [3.63, 3.8) is 0 Å². The number of aromatic nitrogens is 1. The number of carbonyl (C=O) groups is 1. The third-order valence-electron chi connectivity index (χ3n) is 7.06. The molecule has 7 heteroatoms. The maximum absolute atomic E-state index is 11.1. The molecule has 2 aromatic rings. The summed E-state index contributed by atoms with van der Waals surface area (Å²) in [5.74, 6) is 0.228. The molecule has 2 fully saturated rings. The molecular weight excluding hydrogens is 402 g/mol. The van der Waals surface area contributed by atoms with Gasteiger partial charge in [-0.05, 0) is 67.7 Å². The molecule has 30 heavy (non-hydrogen) atoms.